The number of nitrogens with zero attached hydrogens (tertiary/aromatic N) is 5. The highest BCUT2D eigenvalue weighted by Gasteiger charge is 2.30. The number of carbonyl (C=O) groups excluding carboxylic acids is 1. The fraction of sp³-hybridized carbons (Fsp3) is 0.208. The van der Waals surface area contributed by atoms with Gasteiger partial charge in [-0.05, 0) is 42.3 Å². The van der Waals surface area contributed by atoms with Gasteiger partial charge in [-0.3, -0.25) is 4.90 Å². The summed E-state index contributed by atoms with van der Waals surface area (Å²) in [5, 5.41) is 0.588. The van der Waals surface area contributed by atoms with Crippen molar-refractivity contribution in [2.45, 2.75) is 13.5 Å². The van der Waals surface area contributed by atoms with Crippen molar-refractivity contribution < 1.29 is 13.6 Å². The van der Waals surface area contributed by atoms with Crippen molar-refractivity contribution in [3.8, 4) is 11.1 Å². The van der Waals surface area contributed by atoms with Gasteiger partial charge in [-0.1, -0.05) is 12.1 Å². The summed E-state index contributed by atoms with van der Waals surface area (Å²) in [6.45, 7) is 2.99. The van der Waals surface area contributed by atoms with Crippen LogP contribution >= 0.6 is 0 Å². The molecule has 2 amide bonds. The first-order valence-electron chi connectivity index (χ1n) is 10.5. The number of urea groups is 1. The first kappa shape index (κ1) is 20.9. The molecule has 1 fully saturated rings. The van der Waals surface area contributed by atoms with E-state index in [0.29, 0.717) is 53.0 Å². The van der Waals surface area contributed by atoms with Crippen LogP contribution in [0.15, 0.2) is 48.9 Å². The number of carbonyl (C=O) groups is 1. The monoisotopic (exact) mass is 448 g/mol. The van der Waals surface area contributed by atoms with E-state index < -0.39 is 5.82 Å². The van der Waals surface area contributed by atoms with Gasteiger partial charge in [-0.2, -0.15) is 0 Å². The maximum Gasteiger partial charge on any atom is 0.324 e. The molecule has 3 heterocycles. The third-order valence-electron chi connectivity index (χ3n) is 6.03. The fourth-order valence-electron chi connectivity index (χ4n) is 4.32. The van der Waals surface area contributed by atoms with Crippen molar-refractivity contribution in [1.82, 2.24) is 19.4 Å². The van der Waals surface area contributed by atoms with E-state index in [9.17, 15) is 9.18 Å². The Kier molecular flexibility index (Phi) is 4.96. The number of halogens is 2. The summed E-state index contributed by atoms with van der Waals surface area (Å²) in [5.41, 5.74) is 9.46. The molecule has 0 bridgehead atoms. The molecule has 0 radical (unpaired) electrons. The molecule has 1 saturated heterocycles. The van der Waals surface area contributed by atoms with Crippen LogP contribution in [0.4, 0.5) is 25.1 Å². The SMILES string of the molecule is Cc1cc(CN2CCN(c3ccc(-c4cn(C)c5ncnc(N)c45)c(F)c3)C2=O)ccc1F. The summed E-state index contributed by atoms with van der Waals surface area (Å²) in [6, 6.07) is 9.32. The third-order valence-corrected chi connectivity index (χ3v) is 6.03. The maximum absolute atomic E-state index is 15.2. The number of nitrogen functional groups attached to an aromatic ring is 1. The van der Waals surface area contributed by atoms with Crippen LogP contribution in [0.2, 0.25) is 0 Å². The second-order valence-corrected chi connectivity index (χ2v) is 8.21. The van der Waals surface area contributed by atoms with Crippen LogP contribution in [-0.4, -0.2) is 38.6 Å². The lowest BCUT2D eigenvalue weighted by Crippen LogP contribution is -2.31. The second-order valence-electron chi connectivity index (χ2n) is 8.21. The summed E-state index contributed by atoms with van der Waals surface area (Å²) in [4.78, 5) is 24.4. The van der Waals surface area contributed by atoms with Gasteiger partial charge < -0.3 is 15.2 Å². The normalized spacial score (nSPS) is 14.0. The Morgan fingerprint density at radius 1 is 1.03 bits per heavy atom. The molecular formula is C24H22F2N6O. The fourth-order valence-corrected chi connectivity index (χ4v) is 4.32. The quantitative estimate of drug-likeness (QED) is 0.506. The van der Waals surface area contributed by atoms with E-state index in [4.69, 9.17) is 5.73 Å². The number of nitrogens with two attached hydrogens (primary N) is 1. The molecule has 4 aromatic rings. The van der Waals surface area contributed by atoms with Gasteiger partial charge in [0.05, 0.1) is 5.39 Å². The van der Waals surface area contributed by atoms with E-state index in [-0.39, 0.29) is 17.7 Å². The molecule has 0 spiro atoms. The molecule has 2 aromatic carbocycles. The average Bonchev–Trinajstić information content (AvgIpc) is 3.31. The molecule has 1 aliphatic heterocycles. The first-order valence-corrected chi connectivity index (χ1v) is 10.5. The van der Waals surface area contributed by atoms with Crippen molar-refractivity contribution in [2.24, 2.45) is 7.05 Å². The van der Waals surface area contributed by atoms with E-state index in [2.05, 4.69) is 9.97 Å². The minimum Gasteiger partial charge on any atom is -0.383 e. The first-order chi connectivity index (χ1) is 15.8. The zero-order valence-electron chi connectivity index (χ0n) is 18.2. The highest BCUT2D eigenvalue weighted by atomic mass is 19.1. The topological polar surface area (TPSA) is 80.3 Å². The number of aromatic nitrogens is 3. The van der Waals surface area contributed by atoms with Crippen molar-refractivity contribution in [3.05, 3.63) is 71.7 Å². The van der Waals surface area contributed by atoms with Gasteiger partial charge in [0.2, 0.25) is 0 Å². The van der Waals surface area contributed by atoms with Gasteiger partial charge in [-0.25, -0.2) is 23.5 Å². The van der Waals surface area contributed by atoms with Crippen LogP contribution in [0.5, 0.6) is 0 Å². The lowest BCUT2D eigenvalue weighted by Gasteiger charge is -2.19. The molecule has 0 unspecified atom stereocenters. The van der Waals surface area contributed by atoms with E-state index in [0.717, 1.165) is 5.56 Å². The Balaban J connectivity index is 1.41. The van der Waals surface area contributed by atoms with Crippen LogP contribution in [0.25, 0.3) is 22.2 Å². The Hall–Kier alpha value is -4.01. The Bertz CT molecular complexity index is 1400. The maximum atomic E-state index is 15.2. The van der Waals surface area contributed by atoms with E-state index in [1.807, 2.05) is 7.05 Å². The highest BCUT2D eigenvalue weighted by molar-refractivity contribution is 6.01. The zero-order valence-corrected chi connectivity index (χ0v) is 18.2. The number of benzene rings is 2. The van der Waals surface area contributed by atoms with Gasteiger partial charge in [0.1, 0.15) is 29.4 Å². The number of fused-ring (bicyclic) bond motifs is 1. The minimum absolute atomic E-state index is 0.216. The van der Waals surface area contributed by atoms with Gasteiger partial charge >= 0.3 is 6.03 Å². The van der Waals surface area contributed by atoms with Crippen molar-refractivity contribution in [1.29, 1.82) is 0 Å². The summed E-state index contributed by atoms with van der Waals surface area (Å²) in [7, 11) is 1.81. The Morgan fingerprint density at radius 3 is 2.61 bits per heavy atom. The summed E-state index contributed by atoms with van der Waals surface area (Å²) in [6.07, 6.45) is 3.14. The molecule has 5 rings (SSSR count). The lowest BCUT2D eigenvalue weighted by molar-refractivity contribution is 0.218. The minimum atomic E-state index is -0.469. The molecule has 33 heavy (non-hydrogen) atoms. The van der Waals surface area contributed by atoms with Crippen molar-refractivity contribution in [3.63, 3.8) is 0 Å². The van der Waals surface area contributed by atoms with E-state index in [1.54, 1.807) is 51.8 Å². The molecule has 7 nitrogen and oxygen atoms in total. The molecule has 9 heteroatoms. The molecule has 0 saturated carbocycles. The van der Waals surface area contributed by atoms with Crippen LogP contribution in [0, 0.1) is 18.6 Å². The van der Waals surface area contributed by atoms with Crippen molar-refractivity contribution >= 4 is 28.6 Å². The molecule has 2 aromatic heterocycles. The number of hydrogen-bond donors (Lipinski definition) is 1. The van der Waals surface area contributed by atoms with Crippen LogP contribution < -0.4 is 10.6 Å². The smallest absolute Gasteiger partial charge is 0.324 e. The molecular weight excluding hydrogens is 426 g/mol. The lowest BCUT2D eigenvalue weighted by atomic mass is 10.0. The average molecular weight is 448 g/mol. The number of amides is 2. The largest absolute Gasteiger partial charge is 0.383 e. The zero-order chi connectivity index (χ0) is 23.3. The standard InChI is InChI=1S/C24H22F2N6O/c1-14-9-15(3-6-19(14)25)11-31-7-8-32(24(31)33)16-4-5-17(20(26)10-16)18-12-30(2)23-21(18)22(27)28-13-29-23/h3-6,9-10,12-13H,7-8,11H2,1-2H3,(H2,27,28,29). The number of rotatable bonds is 4. The molecule has 1 aliphatic rings. The number of hydrogen-bond acceptors (Lipinski definition) is 4. The number of aryl methyl sites for hydroxylation is 2. The third kappa shape index (κ3) is 3.55. The van der Waals surface area contributed by atoms with E-state index in [1.165, 1.54) is 18.5 Å². The second kappa shape index (κ2) is 7.84. The van der Waals surface area contributed by atoms with Gasteiger partial charge in [0, 0.05) is 49.7 Å². The van der Waals surface area contributed by atoms with Crippen LogP contribution in [0.3, 0.4) is 0 Å². The predicted molar refractivity (Wildman–Crippen MR) is 123 cm³/mol. The molecule has 0 aliphatic carbocycles. The highest BCUT2D eigenvalue weighted by Crippen LogP contribution is 2.35. The molecule has 168 valence electrons. The predicted octanol–water partition coefficient (Wildman–Crippen LogP) is 4.25. The van der Waals surface area contributed by atoms with E-state index >= 15 is 4.39 Å². The van der Waals surface area contributed by atoms with Gasteiger partial charge in [0.25, 0.3) is 0 Å². The van der Waals surface area contributed by atoms with Crippen LogP contribution in [-0.2, 0) is 13.6 Å². The molecule has 0 atom stereocenters. The van der Waals surface area contributed by atoms with Gasteiger partial charge in [-0.15, -0.1) is 0 Å². The summed E-state index contributed by atoms with van der Waals surface area (Å²) in [5.74, 6) is -0.465. The molecule has 2 N–H and O–H groups in total. The number of anilines is 2. The van der Waals surface area contributed by atoms with Crippen LogP contribution in [0.1, 0.15) is 11.1 Å². The van der Waals surface area contributed by atoms with Gasteiger partial charge in [0.15, 0.2) is 0 Å². The Morgan fingerprint density at radius 2 is 1.85 bits per heavy atom. The van der Waals surface area contributed by atoms with Crippen molar-refractivity contribution in [2.75, 3.05) is 23.7 Å². The summed E-state index contributed by atoms with van der Waals surface area (Å²) < 4.78 is 30.5. The Labute approximate surface area is 189 Å². The summed E-state index contributed by atoms with van der Waals surface area (Å²) >= 11 is 0.